The molecule has 1 heterocycles. The highest BCUT2D eigenvalue weighted by Crippen LogP contribution is 2.32. The summed E-state index contributed by atoms with van der Waals surface area (Å²) in [5, 5.41) is 11.9. The zero-order valence-electron chi connectivity index (χ0n) is 17.7. The van der Waals surface area contributed by atoms with E-state index in [1.165, 1.54) is 6.20 Å². The van der Waals surface area contributed by atoms with Crippen LogP contribution in [0.1, 0.15) is 25.7 Å². The third-order valence-electron chi connectivity index (χ3n) is 5.01. The number of rotatable bonds is 8. The number of hydrogen-bond donors (Lipinski definition) is 4. The number of primary amides is 1. The van der Waals surface area contributed by atoms with Crippen LogP contribution in [0.25, 0.3) is 0 Å². The Bertz CT molecular complexity index is 1060. The third-order valence-corrected chi connectivity index (χ3v) is 7.49. The van der Waals surface area contributed by atoms with Crippen molar-refractivity contribution in [3.05, 3.63) is 34.5 Å². The van der Waals surface area contributed by atoms with E-state index in [2.05, 4.69) is 15.0 Å². The Kier molecular flexibility index (Phi) is 9.83. The SMILES string of the molecule is CN(CC(N)=O)[C@H]1CCCC[C@@H]1Nc1cc(F)c(S(=O)(=O)Nc2nccs2)cc1Cl.O=CO. The van der Waals surface area contributed by atoms with Crippen molar-refractivity contribution in [2.75, 3.05) is 23.6 Å². The van der Waals surface area contributed by atoms with E-state index in [9.17, 15) is 17.6 Å². The maximum absolute atomic E-state index is 14.7. The van der Waals surface area contributed by atoms with E-state index in [0.29, 0.717) is 5.69 Å². The maximum Gasteiger partial charge on any atom is 0.290 e. The summed E-state index contributed by atoms with van der Waals surface area (Å²) in [5.74, 6) is -1.35. The van der Waals surface area contributed by atoms with Crippen LogP contribution in [0, 0.1) is 5.82 Å². The number of likely N-dealkylation sites (N-methyl/N-ethyl adjacent to an activating group) is 1. The summed E-state index contributed by atoms with van der Waals surface area (Å²) >= 11 is 7.38. The van der Waals surface area contributed by atoms with Gasteiger partial charge in [0.05, 0.1) is 17.3 Å². The summed E-state index contributed by atoms with van der Waals surface area (Å²) in [7, 11) is -2.36. The molecule has 1 amide bonds. The molecule has 1 fully saturated rings. The van der Waals surface area contributed by atoms with Crippen molar-refractivity contribution in [3.8, 4) is 0 Å². The molecule has 0 spiro atoms. The Morgan fingerprint density at radius 3 is 2.70 bits per heavy atom. The molecule has 1 aromatic carbocycles. The zero-order valence-corrected chi connectivity index (χ0v) is 20.1. The summed E-state index contributed by atoms with van der Waals surface area (Å²) < 4.78 is 42.0. The van der Waals surface area contributed by atoms with Crippen molar-refractivity contribution in [2.45, 2.75) is 42.7 Å². The monoisotopic (exact) mass is 521 g/mol. The molecular formula is C19H25ClFN5O5S2. The highest BCUT2D eigenvalue weighted by Gasteiger charge is 2.30. The van der Waals surface area contributed by atoms with Gasteiger partial charge in [-0.3, -0.25) is 19.2 Å². The van der Waals surface area contributed by atoms with Crippen molar-refractivity contribution in [2.24, 2.45) is 5.73 Å². The lowest BCUT2D eigenvalue weighted by Gasteiger charge is -2.38. The number of carbonyl (C=O) groups is 2. The van der Waals surface area contributed by atoms with E-state index in [1.807, 2.05) is 11.9 Å². The minimum Gasteiger partial charge on any atom is -0.483 e. The van der Waals surface area contributed by atoms with Gasteiger partial charge in [0.15, 0.2) is 5.13 Å². The van der Waals surface area contributed by atoms with Crippen LogP contribution in [0.4, 0.5) is 15.2 Å². The van der Waals surface area contributed by atoms with Crippen molar-refractivity contribution >= 4 is 56.2 Å². The van der Waals surface area contributed by atoms with Crippen LogP contribution in [0.3, 0.4) is 0 Å². The molecule has 1 aliphatic rings. The lowest BCUT2D eigenvalue weighted by atomic mass is 9.89. The Hall–Kier alpha value is -2.48. The van der Waals surface area contributed by atoms with E-state index in [4.69, 9.17) is 27.2 Å². The van der Waals surface area contributed by atoms with Gasteiger partial charge in [-0.2, -0.15) is 0 Å². The number of anilines is 2. The summed E-state index contributed by atoms with van der Waals surface area (Å²) in [6.45, 7) is -0.134. The van der Waals surface area contributed by atoms with E-state index >= 15 is 0 Å². The quantitative estimate of drug-likeness (QED) is 0.386. The Labute approximate surface area is 200 Å². The number of sulfonamides is 1. The van der Waals surface area contributed by atoms with E-state index < -0.39 is 26.6 Å². The number of benzene rings is 1. The molecule has 33 heavy (non-hydrogen) atoms. The van der Waals surface area contributed by atoms with Gasteiger partial charge in [-0.25, -0.2) is 17.8 Å². The van der Waals surface area contributed by atoms with Gasteiger partial charge < -0.3 is 16.2 Å². The van der Waals surface area contributed by atoms with Crippen LogP contribution >= 0.6 is 22.9 Å². The maximum atomic E-state index is 14.7. The van der Waals surface area contributed by atoms with Crippen LogP contribution in [0.5, 0.6) is 0 Å². The molecule has 1 aliphatic carbocycles. The molecule has 182 valence electrons. The molecule has 0 aliphatic heterocycles. The summed E-state index contributed by atoms with van der Waals surface area (Å²) in [4.78, 5) is 24.8. The molecule has 14 heteroatoms. The van der Waals surface area contributed by atoms with Crippen LogP contribution in [-0.4, -0.2) is 61.5 Å². The first-order valence-electron chi connectivity index (χ1n) is 9.83. The van der Waals surface area contributed by atoms with Crippen LogP contribution in [0.15, 0.2) is 28.6 Å². The second kappa shape index (κ2) is 12.1. The fourth-order valence-electron chi connectivity index (χ4n) is 3.66. The van der Waals surface area contributed by atoms with Gasteiger partial charge in [-0.05, 0) is 32.0 Å². The van der Waals surface area contributed by atoms with Gasteiger partial charge in [0, 0.05) is 23.7 Å². The van der Waals surface area contributed by atoms with Crippen LogP contribution in [-0.2, 0) is 19.6 Å². The van der Waals surface area contributed by atoms with Gasteiger partial charge in [0.25, 0.3) is 16.5 Å². The molecule has 0 unspecified atom stereocenters. The molecule has 0 radical (unpaired) electrons. The number of nitrogens with zero attached hydrogens (tertiary/aromatic N) is 2. The van der Waals surface area contributed by atoms with Crippen LogP contribution in [0.2, 0.25) is 5.02 Å². The average molecular weight is 522 g/mol. The van der Waals surface area contributed by atoms with Gasteiger partial charge in [-0.15, -0.1) is 11.3 Å². The summed E-state index contributed by atoms with van der Waals surface area (Å²) in [6, 6.07) is 2.09. The molecule has 2 aromatic rings. The van der Waals surface area contributed by atoms with Crippen molar-refractivity contribution in [3.63, 3.8) is 0 Å². The topological polar surface area (TPSA) is 155 Å². The van der Waals surface area contributed by atoms with Gasteiger partial charge in [0.1, 0.15) is 10.7 Å². The standard InChI is InChI=1S/C18H23ClFN5O3S2.CH2O2/c1-25(10-17(21)26)15-5-3-2-4-13(15)23-14-9-12(20)16(8-11(14)19)30(27,28)24-18-22-6-7-29-18;2-1-3/h6-9,13,15,23H,2-5,10H2,1H3,(H2,21,26)(H,22,24);1H,(H,2,3)/t13-,15-;/m0./s1. The van der Waals surface area contributed by atoms with Gasteiger partial charge >= 0.3 is 0 Å². The van der Waals surface area contributed by atoms with E-state index in [1.54, 1.807) is 5.38 Å². The number of thiazole rings is 1. The second-order valence-electron chi connectivity index (χ2n) is 7.29. The number of amides is 1. The summed E-state index contributed by atoms with van der Waals surface area (Å²) in [6.07, 6.45) is 5.08. The van der Waals surface area contributed by atoms with E-state index in [-0.39, 0.29) is 35.3 Å². The number of halogens is 2. The van der Waals surface area contributed by atoms with E-state index in [0.717, 1.165) is 49.2 Å². The fourth-order valence-corrected chi connectivity index (χ4v) is 5.82. The number of aromatic nitrogens is 1. The lowest BCUT2D eigenvalue weighted by Crippen LogP contribution is -2.49. The number of nitrogens with one attached hydrogen (secondary N) is 2. The Morgan fingerprint density at radius 1 is 1.42 bits per heavy atom. The Morgan fingerprint density at radius 2 is 2.09 bits per heavy atom. The predicted octanol–water partition coefficient (Wildman–Crippen LogP) is 2.58. The third kappa shape index (κ3) is 7.52. The van der Waals surface area contributed by atoms with Crippen molar-refractivity contribution in [1.29, 1.82) is 0 Å². The smallest absolute Gasteiger partial charge is 0.290 e. The van der Waals surface area contributed by atoms with Crippen molar-refractivity contribution < 1.29 is 27.5 Å². The predicted molar refractivity (Wildman–Crippen MR) is 125 cm³/mol. The Balaban J connectivity index is 0.00000122. The minimum absolute atomic E-state index is 0.0142. The summed E-state index contributed by atoms with van der Waals surface area (Å²) in [5.41, 5.74) is 5.61. The second-order valence-corrected chi connectivity index (χ2v) is 10.2. The average Bonchev–Trinajstić information content (AvgIpc) is 3.23. The van der Waals surface area contributed by atoms with Gasteiger partial charge in [0.2, 0.25) is 5.91 Å². The first kappa shape index (κ1) is 26.8. The molecule has 1 saturated carbocycles. The molecule has 2 atom stereocenters. The highest BCUT2D eigenvalue weighted by atomic mass is 35.5. The number of carbonyl (C=O) groups excluding carboxylic acids is 1. The van der Waals surface area contributed by atoms with Gasteiger partial charge in [-0.1, -0.05) is 24.4 Å². The number of nitrogens with two attached hydrogens (primary N) is 1. The zero-order chi connectivity index (χ0) is 24.6. The fraction of sp³-hybridized carbons (Fsp3) is 0.421. The largest absolute Gasteiger partial charge is 0.483 e. The normalized spacial score (nSPS) is 18.2. The number of carboxylic acid groups (broad SMARTS) is 1. The first-order valence-corrected chi connectivity index (χ1v) is 12.6. The molecule has 5 N–H and O–H groups in total. The first-order chi connectivity index (χ1) is 15.6. The molecule has 1 aromatic heterocycles. The highest BCUT2D eigenvalue weighted by molar-refractivity contribution is 7.93. The number of hydrogen-bond acceptors (Lipinski definition) is 8. The lowest BCUT2D eigenvalue weighted by molar-refractivity contribution is -0.123. The molecule has 0 saturated heterocycles. The molecule has 10 nitrogen and oxygen atoms in total. The molecule has 0 bridgehead atoms. The van der Waals surface area contributed by atoms with Crippen LogP contribution < -0.4 is 15.8 Å². The minimum atomic E-state index is -4.17. The molecule has 3 rings (SSSR count). The molecular weight excluding hydrogens is 497 g/mol. The van der Waals surface area contributed by atoms with Crippen molar-refractivity contribution in [1.82, 2.24) is 9.88 Å².